The molecule has 26 heavy (non-hydrogen) atoms. The Kier molecular flexibility index (Phi) is 8.95. The van der Waals surface area contributed by atoms with Crippen molar-refractivity contribution in [3.05, 3.63) is 58.5 Å². The minimum Gasteiger partial charge on any atom is -0.759 e. The van der Waals surface area contributed by atoms with Gasteiger partial charge in [-0.1, -0.05) is 0 Å². The van der Waals surface area contributed by atoms with Crippen LogP contribution in [0.4, 0.5) is 11.4 Å². The molecule has 0 aliphatic carbocycles. The van der Waals surface area contributed by atoms with E-state index in [0.717, 1.165) is 11.1 Å². The van der Waals surface area contributed by atoms with Crippen molar-refractivity contribution in [1.29, 1.82) is 10.8 Å². The first kappa shape index (κ1) is 23.0. The molecular formula is C12H10N4O8S2. The fourth-order valence-corrected chi connectivity index (χ4v) is 1.44. The lowest BCUT2D eigenvalue weighted by Crippen LogP contribution is -1.91. The van der Waals surface area contributed by atoms with E-state index in [4.69, 9.17) is 45.8 Å². The highest BCUT2D eigenvalue weighted by Crippen LogP contribution is 2.24. The van der Waals surface area contributed by atoms with Gasteiger partial charge in [-0.2, -0.15) is 8.42 Å². The molecule has 2 aromatic carbocycles. The molecule has 0 heterocycles. The molecule has 0 unspecified atom stereocenters. The maximum absolute atomic E-state index is 8.74. The highest BCUT2D eigenvalue weighted by Gasteiger charge is 2.06. The Hall–Kier alpha value is -2.98. The predicted molar refractivity (Wildman–Crippen MR) is 86.0 cm³/mol. The lowest BCUT2D eigenvalue weighted by atomic mass is 10.1. The summed E-state index contributed by atoms with van der Waals surface area (Å²) in [6.07, 6.45) is 0. The summed E-state index contributed by atoms with van der Waals surface area (Å²) in [4.78, 5) is 6.17. The van der Waals surface area contributed by atoms with E-state index in [9.17, 15) is 0 Å². The summed E-state index contributed by atoms with van der Waals surface area (Å²) >= 11 is 0. The number of hydrogen-bond donors (Lipinski definition) is 2. The monoisotopic (exact) mass is 402 g/mol. The molecule has 0 amide bonds. The molecule has 2 aromatic rings. The van der Waals surface area contributed by atoms with E-state index in [-0.39, 0.29) is 0 Å². The summed E-state index contributed by atoms with van der Waals surface area (Å²) in [5.74, 6) is 0. The maximum atomic E-state index is 8.74. The third-order valence-electron chi connectivity index (χ3n) is 2.30. The summed E-state index contributed by atoms with van der Waals surface area (Å²) in [5, 5.41) is 17.1. The van der Waals surface area contributed by atoms with E-state index in [1.807, 2.05) is 24.3 Å². The number of hydrogen-bond acceptors (Lipinski definition) is 8. The fraction of sp³-hybridized carbons (Fsp3) is 0. The highest BCUT2D eigenvalue weighted by molar-refractivity contribution is 7.80. The second-order valence-electron chi connectivity index (χ2n) is 4.15. The van der Waals surface area contributed by atoms with E-state index in [1.165, 1.54) is 0 Å². The summed E-state index contributed by atoms with van der Waals surface area (Å²) in [7, 11) is -9.83. The van der Waals surface area contributed by atoms with Crippen molar-refractivity contribution in [2.24, 2.45) is 0 Å². The Morgan fingerprint density at radius 2 is 0.885 bits per heavy atom. The molecule has 0 bridgehead atoms. The molecule has 2 N–H and O–H groups in total. The van der Waals surface area contributed by atoms with Crippen LogP contribution in [0.1, 0.15) is 0 Å². The summed E-state index contributed by atoms with van der Waals surface area (Å²) in [6.45, 7) is 0. The molecule has 0 fully saturated rings. The predicted octanol–water partition coefficient (Wildman–Crippen LogP) is 2.33. The largest absolute Gasteiger partial charge is 0.759 e. The zero-order valence-corrected chi connectivity index (χ0v) is 14.2. The van der Waals surface area contributed by atoms with Gasteiger partial charge in [-0.15, -0.1) is 0 Å². The van der Waals surface area contributed by atoms with Gasteiger partial charge in [0.1, 0.15) is 0 Å². The molecule has 0 atom stereocenters. The summed E-state index contributed by atoms with van der Waals surface area (Å²) in [5.41, 5.74) is 3.06. The SMILES string of the molecule is N#[N+]c1ccc(-c2ccc([N+]#N)cc2)cc1.O=S(=O)(O)O.O=S(=O)([O-])[O-]. The van der Waals surface area contributed by atoms with Gasteiger partial charge >= 0.3 is 21.8 Å². The van der Waals surface area contributed by atoms with Gasteiger partial charge in [0.2, 0.25) is 10.8 Å². The van der Waals surface area contributed by atoms with Crippen LogP contribution in [0.3, 0.4) is 0 Å². The van der Waals surface area contributed by atoms with Gasteiger partial charge < -0.3 is 9.11 Å². The van der Waals surface area contributed by atoms with E-state index in [0.29, 0.717) is 11.4 Å². The number of rotatable bonds is 1. The third kappa shape index (κ3) is 13.5. The zero-order chi connectivity index (χ0) is 20.4. The Labute approximate surface area is 148 Å². The molecule has 0 radical (unpaired) electrons. The molecule has 0 saturated heterocycles. The topological polar surface area (TPSA) is 211 Å². The van der Waals surface area contributed by atoms with Crippen LogP contribution in [0.5, 0.6) is 0 Å². The molecule has 14 heteroatoms. The molecule has 0 aliphatic rings. The van der Waals surface area contributed by atoms with Gasteiger partial charge in [0.05, 0.1) is 0 Å². The first-order valence-electron chi connectivity index (χ1n) is 6.11. The Balaban J connectivity index is 0.000000520. The average Bonchev–Trinajstić information content (AvgIpc) is 2.52. The molecule has 138 valence electrons. The van der Waals surface area contributed by atoms with Gasteiger partial charge in [-0.05, 0) is 35.4 Å². The van der Waals surface area contributed by atoms with Gasteiger partial charge in [0.15, 0.2) is 9.95 Å². The summed E-state index contributed by atoms with van der Waals surface area (Å²) in [6, 6.07) is 14.3. The first-order chi connectivity index (χ1) is 11.8. The smallest absolute Gasteiger partial charge is 0.394 e. The van der Waals surface area contributed by atoms with E-state index in [1.54, 1.807) is 24.3 Å². The van der Waals surface area contributed by atoms with Crippen molar-refractivity contribution in [2.75, 3.05) is 0 Å². The van der Waals surface area contributed by atoms with E-state index in [2.05, 4.69) is 9.95 Å². The van der Waals surface area contributed by atoms with Gasteiger partial charge in [-0.25, -0.2) is 0 Å². The van der Waals surface area contributed by atoms with Crippen LogP contribution in [0, 0.1) is 10.8 Å². The maximum Gasteiger partial charge on any atom is 0.394 e. The molecule has 2 rings (SSSR count). The van der Waals surface area contributed by atoms with E-state index < -0.39 is 20.8 Å². The van der Waals surface area contributed by atoms with Crippen molar-refractivity contribution < 1.29 is 35.0 Å². The van der Waals surface area contributed by atoms with Crippen LogP contribution < -0.4 is 0 Å². The molecule has 0 aliphatic heterocycles. The quantitative estimate of drug-likeness (QED) is 0.403. The minimum absolute atomic E-state index is 0.519. The van der Waals surface area contributed by atoms with Gasteiger partial charge in [-0.3, -0.25) is 17.5 Å². The van der Waals surface area contributed by atoms with Crippen LogP contribution in [-0.2, 0) is 20.8 Å². The van der Waals surface area contributed by atoms with Crippen LogP contribution in [0.15, 0.2) is 48.5 Å². The van der Waals surface area contributed by atoms with Crippen molar-refractivity contribution in [2.45, 2.75) is 0 Å². The first-order valence-corrected chi connectivity index (χ1v) is 8.84. The van der Waals surface area contributed by atoms with Crippen molar-refractivity contribution in [1.82, 2.24) is 0 Å². The van der Waals surface area contributed by atoms with Crippen LogP contribution in [0.25, 0.3) is 21.1 Å². The fourth-order valence-electron chi connectivity index (χ4n) is 1.44. The van der Waals surface area contributed by atoms with Crippen LogP contribution in [0.2, 0.25) is 0 Å². The van der Waals surface area contributed by atoms with Crippen molar-refractivity contribution in [3.63, 3.8) is 0 Å². The molecule has 0 saturated carbocycles. The highest BCUT2D eigenvalue weighted by atomic mass is 32.3. The van der Waals surface area contributed by atoms with Crippen LogP contribution in [-0.4, -0.2) is 35.0 Å². The lowest BCUT2D eigenvalue weighted by Gasteiger charge is -2.06. The van der Waals surface area contributed by atoms with Gasteiger partial charge in [0, 0.05) is 34.7 Å². The zero-order valence-electron chi connectivity index (χ0n) is 12.6. The summed E-state index contributed by atoms with van der Waals surface area (Å²) < 4.78 is 65.7. The number of diazo groups is 2. The molecular weight excluding hydrogens is 392 g/mol. The molecule has 0 aromatic heterocycles. The Morgan fingerprint density at radius 1 is 0.692 bits per heavy atom. The lowest BCUT2D eigenvalue weighted by molar-refractivity contribution is 0.352. The van der Waals surface area contributed by atoms with Crippen molar-refractivity contribution in [3.8, 4) is 11.1 Å². The number of benzene rings is 2. The molecule has 12 nitrogen and oxygen atoms in total. The second-order valence-corrected chi connectivity index (χ2v) is 5.86. The standard InChI is InChI=1S/C12H8N4.2H2O4S/c13-15-11-5-1-9(2-6-11)10-3-7-12(16-14)8-4-10;2*1-5(2,3)4/h1-8H;2*(H2,1,2,3,4)/q+2;;/p-2. The normalized spacial score (nSPS) is 10.1. The Morgan fingerprint density at radius 3 is 1.04 bits per heavy atom. The van der Waals surface area contributed by atoms with Gasteiger partial charge in [0.25, 0.3) is 0 Å². The Bertz CT molecular complexity index is 903. The van der Waals surface area contributed by atoms with Crippen LogP contribution >= 0.6 is 0 Å². The number of nitrogens with zero attached hydrogens (tertiary/aromatic N) is 4. The van der Waals surface area contributed by atoms with E-state index >= 15 is 0 Å². The molecule has 0 spiro atoms. The second kappa shape index (κ2) is 10.1. The third-order valence-corrected chi connectivity index (χ3v) is 2.30. The average molecular weight is 402 g/mol. The minimum atomic E-state index is -5.17. The van der Waals surface area contributed by atoms with Crippen molar-refractivity contribution >= 4 is 32.2 Å².